The molecule has 4 aromatic rings. The van der Waals surface area contributed by atoms with Crippen LogP contribution in [0.25, 0.3) is 32.2 Å². The lowest BCUT2D eigenvalue weighted by Gasteiger charge is -2.27. The first-order valence-electron chi connectivity index (χ1n) is 12.9. The van der Waals surface area contributed by atoms with Crippen molar-refractivity contribution in [3.63, 3.8) is 0 Å². The van der Waals surface area contributed by atoms with E-state index in [9.17, 15) is 0 Å². The molecule has 1 N–H and O–H groups in total. The molecule has 7 nitrogen and oxygen atoms in total. The van der Waals surface area contributed by atoms with Gasteiger partial charge in [0.15, 0.2) is 5.82 Å². The Morgan fingerprint density at radius 1 is 1.09 bits per heavy atom. The molecular formula is C27H32N6OS. The average Bonchev–Trinajstić information content (AvgIpc) is 3.62. The molecule has 3 atom stereocenters. The number of anilines is 1. The number of hydrogen-bond donors (Lipinski definition) is 1. The van der Waals surface area contributed by atoms with Gasteiger partial charge in [0.05, 0.1) is 10.2 Å². The summed E-state index contributed by atoms with van der Waals surface area (Å²) in [4.78, 5) is 2.73. The second-order valence-electron chi connectivity index (χ2n) is 10.7. The van der Waals surface area contributed by atoms with E-state index < -0.39 is 0 Å². The van der Waals surface area contributed by atoms with E-state index in [-0.39, 0.29) is 0 Å². The van der Waals surface area contributed by atoms with E-state index in [1.54, 1.807) is 11.3 Å². The molecule has 1 saturated carbocycles. The normalized spacial score (nSPS) is 25.6. The lowest BCUT2D eigenvalue weighted by atomic mass is 10.00. The fraction of sp³-hybridized carbons (Fsp3) is 0.519. The third kappa shape index (κ3) is 4.11. The van der Waals surface area contributed by atoms with Crippen LogP contribution in [-0.4, -0.2) is 63.8 Å². The van der Waals surface area contributed by atoms with E-state index >= 15 is 0 Å². The summed E-state index contributed by atoms with van der Waals surface area (Å²) >= 11 is 1.76. The van der Waals surface area contributed by atoms with Crippen molar-refractivity contribution in [3.8, 4) is 11.3 Å². The van der Waals surface area contributed by atoms with Crippen LogP contribution >= 0.6 is 11.3 Å². The zero-order valence-electron chi connectivity index (χ0n) is 20.2. The zero-order chi connectivity index (χ0) is 23.4. The Kier molecular flexibility index (Phi) is 5.48. The first kappa shape index (κ1) is 21.7. The zero-order valence-corrected chi connectivity index (χ0v) is 21.0. The number of aryl methyl sites for hydroxylation is 1. The Bertz CT molecular complexity index is 1340. The quantitative estimate of drug-likeness (QED) is 0.436. The molecule has 3 fully saturated rings. The van der Waals surface area contributed by atoms with Gasteiger partial charge >= 0.3 is 0 Å². The number of hydrogen-bond acceptors (Lipinski definition) is 7. The third-order valence-corrected chi connectivity index (χ3v) is 9.22. The highest BCUT2D eigenvalue weighted by Gasteiger charge is 2.41. The number of thiophene rings is 1. The predicted molar refractivity (Wildman–Crippen MR) is 141 cm³/mol. The van der Waals surface area contributed by atoms with Gasteiger partial charge in [0, 0.05) is 68.5 Å². The van der Waals surface area contributed by atoms with E-state index in [4.69, 9.17) is 14.9 Å². The van der Waals surface area contributed by atoms with E-state index in [1.807, 2.05) is 11.7 Å². The first-order valence-corrected chi connectivity index (χ1v) is 13.8. The minimum atomic E-state index is 0.493. The Morgan fingerprint density at radius 2 is 1.91 bits per heavy atom. The van der Waals surface area contributed by atoms with Crippen molar-refractivity contribution in [3.05, 3.63) is 35.8 Å². The summed E-state index contributed by atoms with van der Waals surface area (Å²) in [7, 11) is 1.96. The van der Waals surface area contributed by atoms with E-state index in [0.717, 1.165) is 58.9 Å². The van der Waals surface area contributed by atoms with Crippen LogP contribution in [-0.2, 0) is 11.8 Å². The highest BCUT2D eigenvalue weighted by Crippen LogP contribution is 2.41. The second kappa shape index (κ2) is 8.84. The topological polar surface area (TPSA) is 68.1 Å². The fourth-order valence-electron chi connectivity index (χ4n) is 6.63. The summed E-state index contributed by atoms with van der Waals surface area (Å²) in [6.45, 7) is 5.69. The van der Waals surface area contributed by atoms with Crippen LogP contribution in [0.2, 0.25) is 0 Å². The van der Waals surface area contributed by atoms with Crippen LogP contribution in [0.4, 0.5) is 5.82 Å². The van der Waals surface area contributed by atoms with Crippen molar-refractivity contribution in [2.75, 3.05) is 38.2 Å². The van der Waals surface area contributed by atoms with Gasteiger partial charge in [-0.1, -0.05) is 6.07 Å². The highest BCUT2D eigenvalue weighted by molar-refractivity contribution is 7.17. The lowest BCUT2D eigenvalue weighted by Crippen LogP contribution is -2.32. The van der Waals surface area contributed by atoms with Crippen molar-refractivity contribution in [1.29, 1.82) is 0 Å². The van der Waals surface area contributed by atoms with E-state index in [0.29, 0.717) is 6.04 Å². The number of nitrogens with one attached hydrogen (secondary N) is 1. The van der Waals surface area contributed by atoms with Crippen LogP contribution in [0.5, 0.6) is 0 Å². The van der Waals surface area contributed by atoms with Crippen molar-refractivity contribution in [1.82, 2.24) is 24.9 Å². The standard InChI is InChI=1S/C27H32N6OS/c1-32-14-21-10-18(2-3-24(21)31-32)25-23-6-9-35-26(23)27(30-29-25)28-22-11-19-15-33(16-20(19)12-22)13-17-4-7-34-8-5-17/h2-3,6,9-10,14,17,19-20,22H,4-5,7-8,11-13,15-16H2,1H3,(H,28,30)/t19-,20+,22+. The van der Waals surface area contributed by atoms with Crippen molar-refractivity contribution in [2.45, 2.75) is 31.7 Å². The molecule has 2 saturated heterocycles. The first-order chi connectivity index (χ1) is 17.2. The van der Waals surface area contributed by atoms with Crippen molar-refractivity contribution >= 4 is 38.1 Å². The molecule has 35 heavy (non-hydrogen) atoms. The summed E-state index contributed by atoms with van der Waals surface area (Å²) in [5.74, 6) is 3.40. The summed E-state index contributed by atoms with van der Waals surface area (Å²) in [6.07, 6.45) is 7.00. The largest absolute Gasteiger partial charge is 0.381 e. The molecule has 182 valence electrons. The van der Waals surface area contributed by atoms with Gasteiger partial charge < -0.3 is 15.0 Å². The van der Waals surface area contributed by atoms with Gasteiger partial charge in [-0.25, -0.2) is 0 Å². The van der Waals surface area contributed by atoms with Crippen molar-refractivity contribution in [2.24, 2.45) is 24.8 Å². The monoisotopic (exact) mass is 488 g/mol. The molecule has 8 heteroatoms. The summed E-state index contributed by atoms with van der Waals surface area (Å²) < 4.78 is 8.61. The molecule has 7 rings (SSSR count). The molecule has 0 radical (unpaired) electrons. The molecule has 3 aliphatic rings. The molecule has 2 aliphatic heterocycles. The highest BCUT2D eigenvalue weighted by atomic mass is 32.1. The number of benzene rings is 1. The van der Waals surface area contributed by atoms with Crippen LogP contribution < -0.4 is 5.32 Å². The Balaban J connectivity index is 1.05. The SMILES string of the molecule is Cn1cc2cc(-c3nnc(N[C@H]4C[C@@H]5CN(CC6CCOCC6)C[C@@H]5C4)c4sccc34)ccc2n1. The van der Waals surface area contributed by atoms with Gasteiger partial charge in [0.1, 0.15) is 5.69 Å². The molecule has 1 aliphatic carbocycles. The van der Waals surface area contributed by atoms with Gasteiger partial charge in [-0.15, -0.1) is 21.5 Å². The Hall–Kier alpha value is -2.55. The van der Waals surface area contributed by atoms with E-state index in [2.05, 4.69) is 51.2 Å². The number of rotatable bonds is 5. The maximum atomic E-state index is 5.54. The van der Waals surface area contributed by atoms with Crippen LogP contribution in [0.1, 0.15) is 25.7 Å². The van der Waals surface area contributed by atoms with Crippen molar-refractivity contribution < 1.29 is 4.74 Å². The smallest absolute Gasteiger partial charge is 0.166 e. The lowest BCUT2D eigenvalue weighted by molar-refractivity contribution is 0.0545. The predicted octanol–water partition coefficient (Wildman–Crippen LogP) is 4.79. The molecular weight excluding hydrogens is 456 g/mol. The van der Waals surface area contributed by atoms with Crippen LogP contribution in [0.15, 0.2) is 35.8 Å². The minimum absolute atomic E-state index is 0.493. The molecule has 0 spiro atoms. The van der Waals surface area contributed by atoms with Gasteiger partial charge in [-0.05, 0) is 67.0 Å². The van der Waals surface area contributed by atoms with Crippen LogP contribution in [0.3, 0.4) is 0 Å². The Labute approximate surface area is 209 Å². The molecule has 5 heterocycles. The average molecular weight is 489 g/mol. The van der Waals surface area contributed by atoms with E-state index in [1.165, 1.54) is 55.4 Å². The molecule has 3 aromatic heterocycles. The molecule has 1 aromatic carbocycles. The Morgan fingerprint density at radius 3 is 2.74 bits per heavy atom. The number of aromatic nitrogens is 4. The number of fused-ring (bicyclic) bond motifs is 3. The maximum absolute atomic E-state index is 5.54. The third-order valence-electron chi connectivity index (χ3n) is 8.30. The number of ether oxygens (including phenoxy) is 1. The van der Waals surface area contributed by atoms with Gasteiger partial charge in [0.2, 0.25) is 0 Å². The fourth-order valence-corrected chi connectivity index (χ4v) is 7.48. The number of likely N-dealkylation sites (tertiary alicyclic amines) is 1. The summed E-state index contributed by atoms with van der Waals surface area (Å²) in [5, 5.41) is 22.1. The second-order valence-corrected chi connectivity index (χ2v) is 11.7. The van der Waals surface area contributed by atoms with Gasteiger partial charge in [-0.2, -0.15) is 5.10 Å². The molecule has 0 bridgehead atoms. The maximum Gasteiger partial charge on any atom is 0.166 e. The van der Waals surface area contributed by atoms with Gasteiger partial charge in [-0.3, -0.25) is 4.68 Å². The minimum Gasteiger partial charge on any atom is -0.381 e. The van der Waals surface area contributed by atoms with Gasteiger partial charge in [0.25, 0.3) is 0 Å². The number of nitrogens with zero attached hydrogens (tertiary/aromatic N) is 5. The summed E-state index contributed by atoms with van der Waals surface area (Å²) in [6, 6.07) is 9.01. The summed E-state index contributed by atoms with van der Waals surface area (Å²) in [5.41, 5.74) is 3.04. The molecule has 0 unspecified atom stereocenters. The molecule has 0 amide bonds. The van der Waals surface area contributed by atoms with Crippen LogP contribution in [0, 0.1) is 17.8 Å².